The van der Waals surface area contributed by atoms with E-state index in [1.165, 1.54) is 11.9 Å². The lowest BCUT2D eigenvalue weighted by Gasteiger charge is -2.21. The van der Waals surface area contributed by atoms with Crippen LogP contribution in [-0.2, 0) is 0 Å². The summed E-state index contributed by atoms with van der Waals surface area (Å²) in [4.78, 5) is 12.9. The van der Waals surface area contributed by atoms with E-state index in [0.29, 0.717) is 0 Å². The third kappa shape index (κ3) is 1.82. The normalized spacial score (nSPS) is 12.5. The minimum absolute atomic E-state index is 0.0344. The zero-order valence-electron chi connectivity index (χ0n) is 7.97. The molecule has 0 saturated carbocycles. The quantitative estimate of drug-likeness (QED) is 0.655. The predicted octanol–water partition coefficient (Wildman–Crippen LogP) is -0.895. The number of aliphatic hydroxyl groups excluding tert-OH is 1. The Labute approximate surface area is 80.4 Å². The van der Waals surface area contributed by atoms with Gasteiger partial charge in [-0.25, -0.2) is 4.63 Å². The Morgan fingerprint density at radius 3 is 2.79 bits per heavy atom. The summed E-state index contributed by atoms with van der Waals surface area (Å²) in [5.41, 5.74) is 5.31. The first-order chi connectivity index (χ1) is 6.57. The molecule has 1 amide bonds. The van der Waals surface area contributed by atoms with Crippen LogP contribution in [0.4, 0.5) is 5.82 Å². The smallest absolute Gasteiger partial charge is 0.280 e. The molecule has 7 heteroatoms. The number of nitrogen functional groups attached to an aromatic ring is 1. The molecule has 1 rings (SSSR count). The fraction of sp³-hybridized carbons (Fsp3) is 0.571. The van der Waals surface area contributed by atoms with Gasteiger partial charge >= 0.3 is 0 Å². The van der Waals surface area contributed by atoms with Crippen molar-refractivity contribution >= 4 is 11.7 Å². The molecule has 78 valence electrons. The Morgan fingerprint density at radius 1 is 1.71 bits per heavy atom. The van der Waals surface area contributed by atoms with Gasteiger partial charge in [0, 0.05) is 7.05 Å². The third-order valence-electron chi connectivity index (χ3n) is 1.96. The molecule has 3 N–H and O–H groups in total. The Kier molecular flexibility index (Phi) is 3.03. The van der Waals surface area contributed by atoms with Gasteiger partial charge in [0.2, 0.25) is 11.5 Å². The van der Waals surface area contributed by atoms with Crippen LogP contribution in [0.3, 0.4) is 0 Å². The van der Waals surface area contributed by atoms with E-state index in [1.807, 2.05) is 0 Å². The number of nitrogens with zero attached hydrogens (tertiary/aromatic N) is 3. The van der Waals surface area contributed by atoms with Crippen molar-refractivity contribution < 1.29 is 14.5 Å². The molecule has 0 aliphatic carbocycles. The van der Waals surface area contributed by atoms with Gasteiger partial charge < -0.3 is 15.7 Å². The molecule has 0 aromatic carbocycles. The van der Waals surface area contributed by atoms with Crippen LogP contribution in [0, 0.1) is 0 Å². The standard InChI is InChI=1S/C7H12N4O3/c1-4(3-12)11(2)7(13)5-6(8)10-14-9-5/h4,12H,3H2,1-2H3,(H2,8,10). The van der Waals surface area contributed by atoms with Crippen LogP contribution < -0.4 is 5.73 Å². The predicted molar refractivity (Wildman–Crippen MR) is 47.4 cm³/mol. The molecule has 1 unspecified atom stereocenters. The van der Waals surface area contributed by atoms with Crippen LogP contribution in [0.25, 0.3) is 0 Å². The van der Waals surface area contributed by atoms with Crippen molar-refractivity contribution in [2.45, 2.75) is 13.0 Å². The van der Waals surface area contributed by atoms with E-state index in [2.05, 4.69) is 14.9 Å². The van der Waals surface area contributed by atoms with Crippen molar-refractivity contribution in [2.24, 2.45) is 0 Å². The number of rotatable bonds is 3. The molecular weight excluding hydrogens is 188 g/mol. The first-order valence-electron chi connectivity index (χ1n) is 4.04. The minimum atomic E-state index is -0.426. The molecule has 7 nitrogen and oxygen atoms in total. The Bertz CT molecular complexity index is 324. The van der Waals surface area contributed by atoms with E-state index in [9.17, 15) is 4.79 Å². The van der Waals surface area contributed by atoms with Gasteiger partial charge in [-0.1, -0.05) is 0 Å². The highest BCUT2D eigenvalue weighted by Gasteiger charge is 2.22. The van der Waals surface area contributed by atoms with Gasteiger partial charge in [0.15, 0.2) is 0 Å². The maximum absolute atomic E-state index is 11.6. The largest absolute Gasteiger partial charge is 0.394 e. The molecule has 1 aromatic rings. The van der Waals surface area contributed by atoms with Gasteiger partial charge in [0.05, 0.1) is 12.6 Å². The minimum Gasteiger partial charge on any atom is -0.394 e. The summed E-state index contributed by atoms with van der Waals surface area (Å²) in [6.45, 7) is 1.56. The number of carbonyl (C=O) groups excluding carboxylic acids is 1. The highest BCUT2D eigenvalue weighted by molar-refractivity contribution is 5.96. The van der Waals surface area contributed by atoms with E-state index >= 15 is 0 Å². The fourth-order valence-electron chi connectivity index (χ4n) is 0.834. The lowest BCUT2D eigenvalue weighted by atomic mass is 10.3. The second-order valence-electron chi connectivity index (χ2n) is 2.95. The monoisotopic (exact) mass is 200 g/mol. The first-order valence-corrected chi connectivity index (χ1v) is 4.04. The zero-order valence-corrected chi connectivity index (χ0v) is 7.97. The van der Waals surface area contributed by atoms with Gasteiger partial charge in [-0.15, -0.1) is 0 Å². The number of amides is 1. The molecule has 14 heavy (non-hydrogen) atoms. The summed E-state index contributed by atoms with van der Waals surface area (Å²) in [6.07, 6.45) is 0. The van der Waals surface area contributed by atoms with Crippen molar-refractivity contribution in [3.05, 3.63) is 5.69 Å². The molecule has 0 fully saturated rings. The Balaban J connectivity index is 2.81. The third-order valence-corrected chi connectivity index (χ3v) is 1.96. The number of likely N-dealkylation sites (N-methyl/N-ethyl adjacent to an activating group) is 1. The Morgan fingerprint density at radius 2 is 2.36 bits per heavy atom. The summed E-state index contributed by atoms with van der Waals surface area (Å²) < 4.78 is 4.29. The van der Waals surface area contributed by atoms with Gasteiger partial charge in [0.25, 0.3) is 5.91 Å². The highest BCUT2D eigenvalue weighted by atomic mass is 16.6. The molecule has 1 heterocycles. The zero-order chi connectivity index (χ0) is 10.7. The van der Waals surface area contributed by atoms with Crippen LogP contribution in [-0.4, -0.2) is 45.9 Å². The fourth-order valence-corrected chi connectivity index (χ4v) is 0.834. The number of aliphatic hydroxyl groups is 1. The van der Waals surface area contributed by atoms with Gasteiger partial charge in [0.1, 0.15) is 0 Å². The summed E-state index contributed by atoms with van der Waals surface area (Å²) in [7, 11) is 1.54. The molecule has 1 atom stereocenters. The second kappa shape index (κ2) is 4.05. The number of aromatic nitrogens is 2. The molecular formula is C7H12N4O3. The van der Waals surface area contributed by atoms with Crippen molar-refractivity contribution in [1.82, 2.24) is 15.2 Å². The summed E-state index contributed by atoms with van der Waals surface area (Å²) in [6, 6.07) is -0.307. The summed E-state index contributed by atoms with van der Waals surface area (Å²) in [5, 5.41) is 15.5. The van der Waals surface area contributed by atoms with Gasteiger partial charge in [-0.3, -0.25) is 4.79 Å². The van der Waals surface area contributed by atoms with Gasteiger partial charge in [-0.05, 0) is 17.2 Å². The van der Waals surface area contributed by atoms with Crippen LogP contribution in [0.5, 0.6) is 0 Å². The van der Waals surface area contributed by atoms with Crippen molar-refractivity contribution in [2.75, 3.05) is 19.4 Å². The van der Waals surface area contributed by atoms with E-state index in [1.54, 1.807) is 6.92 Å². The van der Waals surface area contributed by atoms with Crippen molar-refractivity contribution in [1.29, 1.82) is 0 Å². The molecule has 0 radical (unpaired) electrons. The lowest BCUT2D eigenvalue weighted by Crippen LogP contribution is -2.37. The average molecular weight is 200 g/mol. The molecule has 0 aliphatic rings. The number of hydrogen-bond acceptors (Lipinski definition) is 6. The van der Waals surface area contributed by atoms with Crippen molar-refractivity contribution in [3.63, 3.8) is 0 Å². The average Bonchev–Trinajstić information content (AvgIpc) is 2.61. The SMILES string of the molecule is CC(CO)N(C)C(=O)c1nonc1N. The first kappa shape index (κ1) is 10.5. The van der Waals surface area contributed by atoms with E-state index < -0.39 is 5.91 Å². The van der Waals surface area contributed by atoms with Crippen LogP contribution in [0.2, 0.25) is 0 Å². The maximum Gasteiger partial charge on any atom is 0.280 e. The molecule has 0 bridgehead atoms. The van der Waals surface area contributed by atoms with Crippen molar-refractivity contribution in [3.8, 4) is 0 Å². The van der Waals surface area contributed by atoms with E-state index in [0.717, 1.165) is 0 Å². The van der Waals surface area contributed by atoms with Crippen LogP contribution >= 0.6 is 0 Å². The topological polar surface area (TPSA) is 105 Å². The lowest BCUT2D eigenvalue weighted by molar-refractivity contribution is 0.0672. The molecule has 0 spiro atoms. The number of nitrogens with two attached hydrogens (primary N) is 1. The second-order valence-corrected chi connectivity index (χ2v) is 2.95. The molecule has 0 saturated heterocycles. The van der Waals surface area contributed by atoms with E-state index in [-0.39, 0.29) is 24.2 Å². The van der Waals surface area contributed by atoms with E-state index in [4.69, 9.17) is 10.8 Å². The van der Waals surface area contributed by atoms with Crippen LogP contribution in [0.15, 0.2) is 4.63 Å². The van der Waals surface area contributed by atoms with Crippen LogP contribution in [0.1, 0.15) is 17.4 Å². The maximum atomic E-state index is 11.6. The molecule has 0 aliphatic heterocycles. The number of hydrogen-bond donors (Lipinski definition) is 2. The summed E-state index contributed by atoms with van der Waals surface area (Å²) >= 11 is 0. The highest BCUT2D eigenvalue weighted by Crippen LogP contribution is 2.09. The van der Waals surface area contributed by atoms with Gasteiger partial charge in [-0.2, -0.15) is 0 Å². The summed E-state index contributed by atoms with van der Waals surface area (Å²) in [5.74, 6) is -0.475. The Hall–Kier alpha value is -1.63. The molecule has 1 aromatic heterocycles. The number of anilines is 1. The number of carbonyl (C=O) groups is 1.